The Bertz CT molecular complexity index is 166. The molecule has 0 heterocycles. The summed E-state index contributed by atoms with van der Waals surface area (Å²) in [6.07, 6.45) is 0. The van der Waals surface area contributed by atoms with E-state index in [-0.39, 0.29) is 0 Å². The molecule has 0 saturated heterocycles. The maximum Gasteiger partial charge on any atom is 0.116 e. The van der Waals surface area contributed by atoms with Gasteiger partial charge in [-0.1, -0.05) is 13.2 Å². The van der Waals surface area contributed by atoms with Gasteiger partial charge in [-0.3, -0.25) is 0 Å². The average Bonchev–Trinajstić information content (AvgIpc) is 1.63. The van der Waals surface area contributed by atoms with Crippen LogP contribution in [0.2, 0.25) is 0 Å². The van der Waals surface area contributed by atoms with Crippen molar-refractivity contribution in [1.82, 2.24) is 0 Å². The second-order valence-corrected chi connectivity index (χ2v) is 1.97. The third-order valence-electron chi connectivity index (χ3n) is 0.929. The molecule has 2 nitrogen and oxygen atoms in total. The zero-order valence-electron chi connectivity index (χ0n) is 5.94. The van der Waals surface area contributed by atoms with E-state index >= 15 is 0 Å². The zero-order valence-corrected chi connectivity index (χ0v) is 5.94. The van der Waals surface area contributed by atoms with Crippen molar-refractivity contribution in [3.8, 4) is 0 Å². The summed E-state index contributed by atoms with van der Waals surface area (Å²) in [4.78, 5) is 3.88. The van der Waals surface area contributed by atoms with E-state index in [1.165, 1.54) is 0 Å². The molecule has 2 N–H and O–H groups in total. The predicted molar refractivity (Wildman–Crippen MR) is 41.3 cm³/mol. The van der Waals surface area contributed by atoms with Crippen molar-refractivity contribution in [2.24, 2.45) is 10.7 Å². The Morgan fingerprint density at radius 1 is 1.33 bits per heavy atom. The molecule has 0 fully saturated rings. The summed E-state index contributed by atoms with van der Waals surface area (Å²) in [7, 11) is 0. The van der Waals surface area contributed by atoms with Crippen LogP contribution in [0.5, 0.6) is 0 Å². The molecule has 0 amide bonds. The van der Waals surface area contributed by atoms with Crippen LogP contribution in [0.3, 0.4) is 0 Å². The molecule has 0 aliphatic heterocycles. The van der Waals surface area contributed by atoms with Gasteiger partial charge in [0, 0.05) is 5.71 Å². The summed E-state index contributed by atoms with van der Waals surface area (Å²) in [6.45, 7) is 10.8. The molecule has 0 rings (SSSR count). The van der Waals surface area contributed by atoms with E-state index in [9.17, 15) is 0 Å². The second-order valence-electron chi connectivity index (χ2n) is 1.97. The Morgan fingerprint density at radius 3 is 1.89 bits per heavy atom. The third-order valence-corrected chi connectivity index (χ3v) is 0.929. The van der Waals surface area contributed by atoms with Crippen molar-refractivity contribution in [1.29, 1.82) is 0 Å². The Labute approximate surface area is 55.8 Å². The summed E-state index contributed by atoms with van der Waals surface area (Å²) in [6, 6.07) is 0. The van der Waals surface area contributed by atoms with Crippen molar-refractivity contribution in [3.63, 3.8) is 0 Å². The van der Waals surface area contributed by atoms with Crippen LogP contribution in [0.15, 0.2) is 29.5 Å². The lowest BCUT2D eigenvalue weighted by atomic mass is 10.2. The van der Waals surface area contributed by atoms with Gasteiger partial charge < -0.3 is 5.73 Å². The van der Waals surface area contributed by atoms with Crippen LogP contribution in [0.25, 0.3) is 0 Å². The van der Waals surface area contributed by atoms with Gasteiger partial charge in [-0.15, -0.1) is 0 Å². The van der Waals surface area contributed by atoms with Crippen LogP contribution in [0.4, 0.5) is 0 Å². The van der Waals surface area contributed by atoms with E-state index < -0.39 is 0 Å². The lowest BCUT2D eigenvalue weighted by Crippen LogP contribution is -1.97. The zero-order chi connectivity index (χ0) is 7.44. The molecule has 0 aromatic heterocycles. The van der Waals surface area contributed by atoms with Gasteiger partial charge in [0.05, 0.1) is 0 Å². The fraction of sp³-hybridized carbons (Fsp3) is 0.286. The number of rotatable bonds is 2. The number of allylic oxidation sites excluding steroid dienone is 1. The molecular weight excluding hydrogens is 112 g/mol. The summed E-state index contributed by atoms with van der Waals surface area (Å²) in [5.41, 5.74) is 6.96. The van der Waals surface area contributed by atoms with Crippen LogP contribution in [0, 0.1) is 0 Å². The summed E-state index contributed by atoms with van der Waals surface area (Å²) < 4.78 is 0. The lowest BCUT2D eigenvalue weighted by molar-refractivity contribution is 1.25. The molecule has 0 aromatic rings. The highest BCUT2D eigenvalue weighted by atomic mass is 14.9. The molecule has 0 aromatic carbocycles. The normalized spacial score (nSPS) is 11.1. The fourth-order valence-corrected chi connectivity index (χ4v) is 0.311. The van der Waals surface area contributed by atoms with Crippen LogP contribution in [-0.4, -0.2) is 5.71 Å². The molecule has 0 aliphatic rings. The summed E-state index contributed by atoms with van der Waals surface area (Å²) in [5.74, 6) is 0.329. The minimum absolute atomic E-state index is 0.329. The van der Waals surface area contributed by atoms with Crippen LogP contribution >= 0.6 is 0 Å². The first-order valence-electron chi connectivity index (χ1n) is 2.69. The highest BCUT2D eigenvalue weighted by molar-refractivity contribution is 5.97. The first kappa shape index (κ1) is 7.95. The number of nitrogens with two attached hydrogens (primary N) is 1. The highest BCUT2D eigenvalue weighted by Gasteiger charge is 1.88. The molecule has 0 radical (unpaired) electrons. The van der Waals surface area contributed by atoms with Gasteiger partial charge in [0.2, 0.25) is 0 Å². The monoisotopic (exact) mass is 124 g/mol. The van der Waals surface area contributed by atoms with E-state index in [1.807, 2.05) is 13.8 Å². The third kappa shape index (κ3) is 3.53. The van der Waals surface area contributed by atoms with Crippen LogP contribution in [-0.2, 0) is 0 Å². The van der Waals surface area contributed by atoms with Gasteiger partial charge in [0.1, 0.15) is 5.82 Å². The van der Waals surface area contributed by atoms with E-state index in [0.717, 1.165) is 11.3 Å². The molecule has 50 valence electrons. The number of aliphatic imine (C=N–C) groups is 1. The molecule has 0 aliphatic carbocycles. The van der Waals surface area contributed by atoms with E-state index in [4.69, 9.17) is 5.73 Å². The minimum Gasteiger partial charge on any atom is -0.384 e. The fourth-order valence-electron chi connectivity index (χ4n) is 0.311. The van der Waals surface area contributed by atoms with E-state index in [2.05, 4.69) is 18.2 Å². The van der Waals surface area contributed by atoms with Gasteiger partial charge >= 0.3 is 0 Å². The number of hydrogen-bond acceptors (Lipinski definition) is 2. The number of nitrogens with zero attached hydrogens (tertiary/aromatic N) is 1. The van der Waals surface area contributed by atoms with Crippen LogP contribution < -0.4 is 5.73 Å². The maximum absolute atomic E-state index is 5.21. The van der Waals surface area contributed by atoms with Crippen molar-refractivity contribution in [3.05, 3.63) is 24.6 Å². The molecular formula is C7H12N2. The van der Waals surface area contributed by atoms with Gasteiger partial charge in [-0.2, -0.15) is 0 Å². The molecule has 0 unspecified atom stereocenters. The minimum atomic E-state index is 0.329. The molecule has 0 saturated carbocycles. The van der Waals surface area contributed by atoms with Crippen molar-refractivity contribution in [2.75, 3.05) is 0 Å². The number of hydrogen-bond donors (Lipinski definition) is 1. The van der Waals surface area contributed by atoms with Gasteiger partial charge in [-0.05, 0) is 19.4 Å². The van der Waals surface area contributed by atoms with Crippen molar-refractivity contribution < 1.29 is 0 Å². The Morgan fingerprint density at radius 2 is 1.78 bits per heavy atom. The molecule has 2 heteroatoms. The van der Waals surface area contributed by atoms with Gasteiger partial charge in [0.15, 0.2) is 0 Å². The van der Waals surface area contributed by atoms with E-state index in [0.29, 0.717) is 5.82 Å². The molecule has 0 bridgehead atoms. The maximum atomic E-state index is 5.21. The van der Waals surface area contributed by atoms with Gasteiger partial charge in [-0.25, -0.2) is 4.99 Å². The Hall–Kier alpha value is -1.05. The molecule has 9 heavy (non-hydrogen) atoms. The second kappa shape index (κ2) is 3.07. The molecule has 0 atom stereocenters. The van der Waals surface area contributed by atoms with Crippen molar-refractivity contribution in [2.45, 2.75) is 13.8 Å². The SMILES string of the molecule is C=C(N)/N=C(/C)C(=C)C. The Kier molecular flexibility index (Phi) is 2.71. The Balaban J connectivity index is 4.17. The lowest BCUT2D eigenvalue weighted by Gasteiger charge is -1.95. The first-order chi connectivity index (χ1) is 4.04. The predicted octanol–water partition coefficient (Wildman–Crippen LogP) is 1.45. The largest absolute Gasteiger partial charge is 0.384 e. The average molecular weight is 124 g/mol. The topological polar surface area (TPSA) is 38.4 Å². The highest BCUT2D eigenvalue weighted by Crippen LogP contribution is 1.93. The first-order valence-corrected chi connectivity index (χ1v) is 2.69. The summed E-state index contributed by atoms with van der Waals surface area (Å²) in [5, 5.41) is 0. The smallest absolute Gasteiger partial charge is 0.116 e. The quantitative estimate of drug-likeness (QED) is 0.556. The molecule has 0 spiro atoms. The van der Waals surface area contributed by atoms with Crippen LogP contribution in [0.1, 0.15) is 13.8 Å². The van der Waals surface area contributed by atoms with Gasteiger partial charge in [0.25, 0.3) is 0 Å². The summed E-state index contributed by atoms with van der Waals surface area (Å²) >= 11 is 0. The van der Waals surface area contributed by atoms with E-state index in [1.54, 1.807) is 0 Å². The van der Waals surface area contributed by atoms with Crippen molar-refractivity contribution >= 4 is 5.71 Å². The standard InChI is InChI=1S/C7H12N2/c1-5(2)6(3)9-7(4)8/h1,4,8H2,2-3H3/b9-6-.